The highest BCUT2D eigenvalue weighted by Crippen LogP contribution is 2.37. The first-order chi connectivity index (χ1) is 7.31. The van der Waals surface area contributed by atoms with Crippen molar-refractivity contribution in [2.75, 3.05) is 6.61 Å². The molecule has 1 nitrogen and oxygen atoms in total. The van der Waals surface area contributed by atoms with Gasteiger partial charge in [-0.1, -0.05) is 24.3 Å². The highest BCUT2D eigenvalue weighted by atomic mass is 19.1. The molecule has 15 heavy (non-hydrogen) atoms. The summed E-state index contributed by atoms with van der Waals surface area (Å²) in [5, 5.41) is 12.8. The standard InChI is InChI=1S/C13H8FO/c14-12-5-4-8-2-1-3-10-9(7-15)6-11(12)13(8)10/h1-6H,7H2. The molecule has 0 saturated heterocycles. The molecule has 0 unspecified atom stereocenters. The zero-order valence-corrected chi connectivity index (χ0v) is 7.96. The molecule has 0 N–H and O–H groups in total. The molecule has 1 aliphatic carbocycles. The van der Waals surface area contributed by atoms with Crippen LogP contribution in [0, 0.1) is 5.82 Å². The van der Waals surface area contributed by atoms with E-state index in [4.69, 9.17) is 0 Å². The van der Waals surface area contributed by atoms with E-state index in [1.54, 1.807) is 12.1 Å². The van der Waals surface area contributed by atoms with Crippen LogP contribution in [0.25, 0.3) is 22.4 Å². The highest BCUT2D eigenvalue weighted by molar-refractivity contribution is 6.09. The minimum atomic E-state index is -0.298. The molecular formula is C13H8FO. The smallest absolute Gasteiger partial charge is 0.131 e. The van der Waals surface area contributed by atoms with Crippen molar-refractivity contribution < 1.29 is 9.50 Å². The second kappa shape index (κ2) is 2.91. The van der Waals surface area contributed by atoms with E-state index in [0.717, 1.165) is 16.3 Å². The minimum absolute atomic E-state index is 0.251. The Hall–Kier alpha value is -1.67. The zero-order valence-electron chi connectivity index (χ0n) is 7.96. The largest absolute Gasteiger partial charge is 0.232 e. The van der Waals surface area contributed by atoms with E-state index in [-0.39, 0.29) is 12.4 Å². The third-order valence-corrected chi connectivity index (χ3v) is 2.85. The van der Waals surface area contributed by atoms with Crippen LogP contribution in [-0.2, 0) is 5.11 Å². The van der Waals surface area contributed by atoms with Gasteiger partial charge >= 0.3 is 0 Å². The molecule has 0 bridgehead atoms. The fourth-order valence-corrected chi connectivity index (χ4v) is 2.16. The van der Waals surface area contributed by atoms with Crippen LogP contribution < -0.4 is 0 Å². The lowest BCUT2D eigenvalue weighted by molar-refractivity contribution is 0.239. The maximum Gasteiger partial charge on any atom is 0.131 e. The van der Waals surface area contributed by atoms with E-state index in [2.05, 4.69) is 0 Å². The molecule has 0 fully saturated rings. The average molecular weight is 199 g/mol. The maximum atomic E-state index is 13.5. The Balaban J connectivity index is 2.49. The molecule has 1 aliphatic rings. The lowest BCUT2D eigenvalue weighted by Crippen LogP contribution is -1.85. The van der Waals surface area contributed by atoms with Gasteiger partial charge in [0.1, 0.15) is 12.4 Å². The first-order valence-electron chi connectivity index (χ1n) is 4.81. The van der Waals surface area contributed by atoms with E-state index < -0.39 is 0 Å². The van der Waals surface area contributed by atoms with Crippen LogP contribution in [0.1, 0.15) is 11.1 Å². The van der Waals surface area contributed by atoms with Crippen LogP contribution in [0.15, 0.2) is 30.3 Å². The van der Waals surface area contributed by atoms with Gasteiger partial charge in [0, 0.05) is 5.56 Å². The molecule has 0 spiro atoms. The van der Waals surface area contributed by atoms with Crippen molar-refractivity contribution in [3.05, 3.63) is 47.3 Å². The van der Waals surface area contributed by atoms with Gasteiger partial charge in [0.25, 0.3) is 0 Å². The molecule has 0 atom stereocenters. The van der Waals surface area contributed by atoms with Crippen molar-refractivity contribution >= 4 is 22.4 Å². The van der Waals surface area contributed by atoms with Gasteiger partial charge in [0.2, 0.25) is 0 Å². The Bertz CT molecular complexity index is 584. The summed E-state index contributed by atoms with van der Waals surface area (Å²) in [5.41, 5.74) is 2.13. The van der Waals surface area contributed by atoms with Crippen LogP contribution in [-0.4, -0.2) is 6.61 Å². The summed E-state index contributed by atoms with van der Waals surface area (Å²) < 4.78 is 13.5. The first-order valence-corrected chi connectivity index (χ1v) is 4.81. The van der Waals surface area contributed by atoms with E-state index >= 15 is 0 Å². The average Bonchev–Trinajstić information content (AvgIpc) is 2.65. The monoisotopic (exact) mass is 199 g/mol. The van der Waals surface area contributed by atoms with E-state index in [1.807, 2.05) is 18.2 Å². The van der Waals surface area contributed by atoms with Crippen molar-refractivity contribution in [3.8, 4) is 0 Å². The van der Waals surface area contributed by atoms with Crippen molar-refractivity contribution in [1.82, 2.24) is 0 Å². The topological polar surface area (TPSA) is 19.9 Å². The van der Waals surface area contributed by atoms with E-state index in [1.165, 1.54) is 6.07 Å². The fraction of sp³-hybridized carbons (Fsp3) is 0.0769. The summed E-state index contributed by atoms with van der Waals surface area (Å²) >= 11 is 0. The molecule has 0 aromatic heterocycles. The van der Waals surface area contributed by atoms with Crippen LogP contribution in [0.2, 0.25) is 0 Å². The number of hydrogen-bond donors (Lipinski definition) is 0. The second-order valence-corrected chi connectivity index (χ2v) is 3.68. The Morgan fingerprint density at radius 2 is 2.00 bits per heavy atom. The van der Waals surface area contributed by atoms with E-state index in [0.29, 0.717) is 11.1 Å². The van der Waals surface area contributed by atoms with Gasteiger partial charge in [0.05, 0.1) is 0 Å². The van der Waals surface area contributed by atoms with Gasteiger partial charge in [-0.05, 0) is 34.1 Å². The SMILES string of the molecule is [O]CC1=Cc2c(F)ccc3cccc1c23. The molecule has 2 aromatic rings. The molecule has 2 heteroatoms. The summed E-state index contributed by atoms with van der Waals surface area (Å²) in [4.78, 5) is 0. The third-order valence-electron chi connectivity index (χ3n) is 2.85. The number of halogens is 1. The van der Waals surface area contributed by atoms with Gasteiger partial charge in [-0.15, -0.1) is 0 Å². The summed E-state index contributed by atoms with van der Waals surface area (Å²) in [6.07, 6.45) is 1.67. The summed E-state index contributed by atoms with van der Waals surface area (Å²) in [6.45, 7) is -0.298. The van der Waals surface area contributed by atoms with Gasteiger partial charge in [-0.25, -0.2) is 9.50 Å². The number of hydrogen-bond acceptors (Lipinski definition) is 0. The molecule has 2 aromatic carbocycles. The van der Waals surface area contributed by atoms with Gasteiger partial charge in [0.15, 0.2) is 0 Å². The molecule has 0 amide bonds. The minimum Gasteiger partial charge on any atom is -0.232 e. The molecule has 73 valence electrons. The summed E-state index contributed by atoms with van der Waals surface area (Å²) in [5.74, 6) is -0.251. The summed E-state index contributed by atoms with van der Waals surface area (Å²) in [7, 11) is 0. The molecule has 0 aliphatic heterocycles. The van der Waals surface area contributed by atoms with E-state index in [9.17, 15) is 9.50 Å². The highest BCUT2D eigenvalue weighted by Gasteiger charge is 2.18. The van der Waals surface area contributed by atoms with Crippen molar-refractivity contribution in [2.24, 2.45) is 0 Å². The number of benzene rings is 2. The first kappa shape index (κ1) is 8.62. The zero-order chi connectivity index (χ0) is 10.4. The third kappa shape index (κ3) is 1.05. The summed E-state index contributed by atoms with van der Waals surface area (Å²) in [6, 6.07) is 8.91. The quantitative estimate of drug-likeness (QED) is 0.671. The van der Waals surface area contributed by atoms with Gasteiger partial charge < -0.3 is 0 Å². The lowest BCUT2D eigenvalue weighted by atomic mass is 10.0. The van der Waals surface area contributed by atoms with Gasteiger partial charge in [-0.2, -0.15) is 0 Å². The van der Waals surface area contributed by atoms with Crippen molar-refractivity contribution in [3.63, 3.8) is 0 Å². The molecule has 0 heterocycles. The van der Waals surface area contributed by atoms with Crippen molar-refractivity contribution in [2.45, 2.75) is 0 Å². The van der Waals surface area contributed by atoms with Crippen LogP contribution in [0.3, 0.4) is 0 Å². The molecule has 3 rings (SSSR count). The van der Waals surface area contributed by atoms with Crippen LogP contribution >= 0.6 is 0 Å². The normalized spacial score (nSPS) is 13.3. The Kier molecular flexibility index (Phi) is 1.67. The molecule has 1 radical (unpaired) electrons. The maximum absolute atomic E-state index is 13.5. The van der Waals surface area contributed by atoms with Gasteiger partial charge in [-0.3, -0.25) is 0 Å². The Morgan fingerprint density at radius 3 is 2.80 bits per heavy atom. The predicted molar refractivity (Wildman–Crippen MR) is 57.3 cm³/mol. The predicted octanol–water partition coefficient (Wildman–Crippen LogP) is 3.26. The fourth-order valence-electron chi connectivity index (χ4n) is 2.16. The van der Waals surface area contributed by atoms with Crippen LogP contribution in [0.5, 0.6) is 0 Å². The van der Waals surface area contributed by atoms with Crippen LogP contribution in [0.4, 0.5) is 4.39 Å². The number of rotatable bonds is 1. The Labute approximate surface area is 86.5 Å². The van der Waals surface area contributed by atoms with Crippen molar-refractivity contribution in [1.29, 1.82) is 0 Å². The lowest BCUT2D eigenvalue weighted by Gasteiger charge is -2.03. The molecule has 0 saturated carbocycles. The molecular weight excluding hydrogens is 191 g/mol. The Morgan fingerprint density at radius 1 is 1.13 bits per heavy atom. The second-order valence-electron chi connectivity index (χ2n) is 3.68.